The summed E-state index contributed by atoms with van der Waals surface area (Å²) in [6.07, 6.45) is 9.21. The lowest BCUT2D eigenvalue weighted by Gasteiger charge is -2.37. The first-order chi connectivity index (χ1) is 16.5. The molecule has 2 heterocycles. The molecule has 0 amide bonds. The van der Waals surface area contributed by atoms with Gasteiger partial charge in [0.2, 0.25) is 0 Å². The van der Waals surface area contributed by atoms with E-state index in [0.29, 0.717) is 17.8 Å². The predicted octanol–water partition coefficient (Wildman–Crippen LogP) is 5.84. The van der Waals surface area contributed by atoms with Crippen LogP contribution in [0.3, 0.4) is 0 Å². The molecular formula is C29H28N2O3. The molecule has 2 aromatic carbocycles. The number of benzene rings is 2. The Morgan fingerprint density at radius 3 is 2.59 bits per heavy atom. The molecule has 0 aromatic heterocycles. The van der Waals surface area contributed by atoms with Gasteiger partial charge in [0.05, 0.1) is 19.3 Å². The summed E-state index contributed by atoms with van der Waals surface area (Å²) in [4.78, 5) is 28.6. The average Bonchev–Trinajstić information content (AvgIpc) is 2.86. The Balaban J connectivity index is 1.91. The topological polar surface area (TPSA) is 49.9 Å². The number of carbonyl (C=O) groups is 2. The second-order valence-electron chi connectivity index (χ2n) is 8.23. The van der Waals surface area contributed by atoms with Crippen molar-refractivity contribution in [3.8, 4) is 0 Å². The number of rotatable bonds is 6. The molecule has 2 aliphatic heterocycles. The second-order valence-corrected chi connectivity index (χ2v) is 8.23. The highest BCUT2D eigenvalue weighted by atomic mass is 16.5. The average molecular weight is 453 g/mol. The predicted molar refractivity (Wildman–Crippen MR) is 136 cm³/mol. The molecular weight excluding hydrogens is 424 g/mol. The van der Waals surface area contributed by atoms with Crippen molar-refractivity contribution in [3.05, 3.63) is 113 Å². The third kappa shape index (κ3) is 4.25. The largest absolute Gasteiger partial charge is 0.464 e. The van der Waals surface area contributed by atoms with Crippen molar-refractivity contribution in [2.75, 3.05) is 18.6 Å². The molecule has 0 atom stereocenters. The van der Waals surface area contributed by atoms with Gasteiger partial charge >= 0.3 is 5.97 Å². The van der Waals surface area contributed by atoms with E-state index in [0.717, 1.165) is 52.1 Å². The van der Waals surface area contributed by atoms with E-state index >= 15 is 0 Å². The molecule has 0 N–H and O–H groups in total. The molecule has 0 saturated heterocycles. The maximum atomic E-state index is 13.3. The Morgan fingerprint density at radius 2 is 1.91 bits per heavy atom. The van der Waals surface area contributed by atoms with Crippen LogP contribution in [0.1, 0.15) is 24.5 Å². The molecule has 0 spiro atoms. The van der Waals surface area contributed by atoms with Gasteiger partial charge in [0.1, 0.15) is 12.0 Å². The molecule has 0 aliphatic carbocycles. The van der Waals surface area contributed by atoms with Gasteiger partial charge in [-0.3, -0.25) is 4.79 Å². The van der Waals surface area contributed by atoms with E-state index < -0.39 is 5.97 Å². The zero-order chi connectivity index (χ0) is 24.2. The molecule has 0 unspecified atom stereocenters. The summed E-state index contributed by atoms with van der Waals surface area (Å²) in [5.41, 5.74) is 7.28. The lowest BCUT2D eigenvalue weighted by molar-refractivity contribution is -0.136. The number of anilines is 2. The molecule has 34 heavy (non-hydrogen) atoms. The van der Waals surface area contributed by atoms with Crippen molar-refractivity contribution in [2.24, 2.45) is 0 Å². The minimum atomic E-state index is -0.432. The van der Waals surface area contributed by atoms with Crippen LogP contribution in [0.4, 0.5) is 11.4 Å². The van der Waals surface area contributed by atoms with Gasteiger partial charge in [-0.2, -0.15) is 0 Å². The fourth-order valence-electron chi connectivity index (χ4n) is 4.31. The number of ether oxygens (including phenoxy) is 1. The molecule has 0 fully saturated rings. The normalized spacial score (nSPS) is 16.5. The summed E-state index contributed by atoms with van der Waals surface area (Å²) in [5, 5.41) is 0. The van der Waals surface area contributed by atoms with E-state index in [4.69, 9.17) is 4.74 Å². The van der Waals surface area contributed by atoms with Gasteiger partial charge in [-0.15, -0.1) is 0 Å². The highest BCUT2D eigenvalue weighted by Gasteiger charge is 2.34. The van der Waals surface area contributed by atoms with Gasteiger partial charge in [-0.05, 0) is 54.8 Å². The van der Waals surface area contributed by atoms with Crippen LogP contribution in [-0.4, -0.2) is 30.8 Å². The number of para-hydroxylation sites is 1. The number of fused-ring (bicyclic) bond motifs is 1. The molecule has 2 aliphatic rings. The molecule has 172 valence electrons. The van der Waals surface area contributed by atoms with Gasteiger partial charge in [-0.1, -0.05) is 49.9 Å². The lowest BCUT2D eigenvalue weighted by atomic mass is 9.89. The third-order valence-corrected chi connectivity index (χ3v) is 5.96. The van der Waals surface area contributed by atoms with Gasteiger partial charge in [0, 0.05) is 34.3 Å². The van der Waals surface area contributed by atoms with Gasteiger partial charge < -0.3 is 14.5 Å². The van der Waals surface area contributed by atoms with E-state index in [1.807, 2.05) is 66.3 Å². The zero-order valence-corrected chi connectivity index (χ0v) is 19.7. The summed E-state index contributed by atoms with van der Waals surface area (Å²) < 4.78 is 5.27. The molecule has 0 saturated carbocycles. The Morgan fingerprint density at radius 1 is 1.15 bits per heavy atom. The summed E-state index contributed by atoms with van der Waals surface area (Å²) >= 11 is 0. The van der Waals surface area contributed by atoms with Crippen molar-refractivity contribution >= 4 is 29.2 Å². The lowest BCUT2D eigenvalue weighted by Crippen LogP contribution is -2.33. The van der Waals surface area contributed by atoms with Gasteiger partial charge in [0.25, 0.3) is 0 Å². The van der Waals surface area contributed by atoms with Crippen LogP contribution in [0.2, 0.25) is 0 Å². The van der Waals surface area contributed by atoms with E-state index in [-0.39, 0.29) is 0 Å². The summed E-state index contributed by atoms with van der Waals surface area (Å²) in [5.74, 6) is -0.432. The minimum Gasteiger partial charge on any atom is -0.464 e. The number of nitrogens with zero attached hydrogens (tertiary/aromatic N) is 2. The van der Waals surface area contributed by atoms with Gasteiger partial charge in [0.15, 0.2) is 0 Å². The highest BCUT2D eigenvalue weighted by Crippen LogP contribution is 2.45. The monoisotopic (exact) mass is 452 g/mol. The second kappa shape index (κ2) is 9.79. The van der Waals surface area contributed by atoms with E-state index in [2.05, 4.69) is 30.9 Å². The zero-order valence-electron chi connectivity index (χ0n) is 19.7. The molecule has 5 nitrogen and oxygen atoms in total. The van der Waals surface area contributed by atoms with E-state index in [1.165, 1.54) is 7.11 Å². The number of aryl methyl sites for hydroxylation is 1. The first kappa shape index (κ1) is 23.1. The van der Waals surface area contributed by atoms with Crippen LogP contribution in [0.15, 0.2) is 102 Å². The summed E-state index contributed by atoms with van der Waals surface area (Å²) in [6, 6.07) is 16.0. The SMILES string of the molecule is C=C1C(CN2C=CC(C=O)=C/C2=C/CC)=C(C(=O)OC)N(c2ccccc2)c2cc(C)ccc21. The Labute approximate surface area is 200 Å². The number of aldehydes is 1. The molecule has 2 aromatic rings. The van der Waals surface area contributed by atoms with Crippen LogP contribution in [0, 0.1) is 6.92 Å². The Hall–Kier alpha value is -4.12. The first-order valence-electron chi connectivity index (χ1n) is 11.3. The van der Waals surface area contributed by atoms with Crippen LogP contribution in [-0.2, 0) is 14.3 Å². The fourth-order valence-corrected chi connectivity index (χ4v) is 4.31. The minimum absolute atomic E-state index is 0.394. The van der Waals surface area contributed by atoms with Crippen molar-refractivity contribution in [1.82, 2.24) is 4.90 Å². The molecule has 4 rings (SSSR count). The summed E-state index contributed by atoms with van der Waals surface area (Å²) in [7, 11) is 1.40. The maximum absolute atomic E-state index is 13.3. The number of allylic oxidation sites excluding steroid dienone is 4. The number of esters is 1. The number of carbonyl (C=O) groups excluding carboxylic acids is 2. The molecule has 5 heteroatoms. The van der Waals surface area contributed by atoms with Crippen molar-refractivity contribution in [2.45, 2.75) is 20.3 Å². The smallest absolute Gasteiger partial charge is 0.355 e. The first-order valence-corrected chi connectivity index (χ1v) is 11.3. The van der Waals surface area contributed by atoms with Crippen molar-refractivity contribution in [3.63, 3.8) is 0 Å². The van der Waals surface area contributed by atoms with Gasteiger partial charge in [-0.25, -0.2) is 4.79 Å². The van der Waals surface area contributed by atoms with E-state index in [9.17, 15) is 9.59 Å². The summed E-state index contributed by atoms with van der Waals surface area (Å²) in [6.45, 7) is 8.87. The standard InChI is InChI=1S/C29H28N2O3/c1-5-9-24-17-22(19-32)14-15-30(24)18-26-21(3)25-13-12-20(2)16-27(25)31(28(26)29(33)34-4)23-10-7-6-8-11-23/h6-17,19H,3,5,18H2,1-2,4H3/b24-9-. The maximum Gasteiger partial charge on any atom is 0.355 e. The van der Waals surface area contributed by atoms with Crippen LogP contribution in [0.25, 0.3) is 5.57 Å². The van der Waals surface area contributed by atoms with Crippen LogP contribution in [0.5, 0.6) is 0 Å². The fraction of sp³-hybridized carbons (Fsp3) is 0.172. The quantitative estimate of drug-likeness (QED) is 0.407. The Bertz CT molecular complexity index is 1270. The third-order valence-electron chi connectivity index (χ3n) is 5.96. The number of methoxy groups -OCH3 is 1. The highest BCUT2D eigenvalue weighted by molar-refractivity contribution is 6.06. The number of hydrogen-bond acceptors (Lipinski definition) is 5. The van der Waals surface area contributed by atoms with Crippen molar-refractivity contribution < 1.29 is 14.3 Å². The van der Waals surface area contributed by atoms with Crippen molar-refractivity contribution in [1.29, 1.82) is 0 Å². The van der Waals surface area contributed by atoms with Crippen LogP contribution >= 0.6 is 0 Å². The molecule has 0 bridgehead atoms. The molecule has 0 radical (unpaired) electrons. The Kier molecular flexibility index (Phi) is 6.64. The number of hydrogen-bond donors (Lipinski definition) is 0. The van der Waals surface area contributed by atoms with Crippen LogP contribution < -0.4 is 4.90 Å². The van der Waals surface area contributed by atoms with E-state index in [1.54, 1.807) is 6.08 Å².